The number of anilines is 2. The van der Waals surface area contributed by atoms with E-state index in [-0.39, 0.29) is 23.1 Å². The summed E-state index contributed by atoms with van der Waals surface area (Å²) in [5.74, 6) is 0. The molecular formula is C59H47BN2O. The van der Waals surface area contributed by atoms with E-state index in [0.29, 0.717) is 0 Å². The Hall–Kier alpha value is -6.78. The molecule has 0 unspecified atom stereocenters. The molecule has 10 aromatic rings. The van der Waals surface area contributed by atoms with Crippen molar-refractivity contribution < 1.29 is 4.42 Å². The maximum absolute atomic E-state index is 6.67. The number of fused-ring (bicyclic) bond motifs is 17. The Morgan fingerprint density at radius 2 is 1.17 bits per heavy atom. The predicted molar refractivity (Wildman–Crippen MR) is 266 cm³/mol. The topological polar surface area (TPSA) is 21.3 Å². The standard InChI is InChI=1S/C59H47BN2O/c1-32-25-42-40-26-38-35-15-9-12-18-44(35)59(7,8)47(38)30-50(40)62(34-23-21-33(22-24-34)57(2,3)4)60-48-29-46-39(36-16-10-13-19-45(36)58(46,5)6)28-51(48)61-49-31-53-41(37-17-11-14-20-52(37)63-53)27-43(49)54(32)56(61)55(42)60/h9-31H,1-8H3. The molecule has 0 radical (unpaired) electrons. The predicted octanol–water partition coefficient (Wildman–Crippen LogP) is 14.1. The number of furan rings is 1. The largest absolute Gasteiger partial charge is 0.456 e. The van der Waals surface area contributed by atoms with Gasteiger partial charge in [0.2, 0.25) is 0 Å². The van der Waals surface area contributed by atoms with Crippen LogP contribution in [-0.2, 0) is 16.2 Å². The van der Waals surface area contributed by atoms with Crippen molar-refractivity contribution in [1.82, 2.24) is 4.57 Å². The van der Waals surface area contributed by atoms with Crippen molar-refractivity contribution in [3.63, 3.8) is 0 Å². The van der Waals surface area contributed by atoms with Crippen LogP contribution in [0.4, 0.5) is 11.4 Å². The number of nitrogens with zero attached hydrogens (tertiary/aromatic N) is 2. The third-order valence-electron chi connectivity index (χ3n) is 15.8. The van der Waals surface area contributed by atoms with Crippen LogP contribution in [0.3, 0.4) is 0 Å². The summed E-state index contributed by atoms with van der Waals surface area (Å²) in [4.78, 5) is 2.72. The van der Waals surface area contributed by atoms with Crippen LogP contribution in [0.2, 0.25) is 0 Å². The van der Waals surface area contributed by atoms with Crippen molar-refractivity contribution in [1.29, 1.82) is 0 Å². The van der Waals surface area contributed by atoms with Gasteiger partial charge in [-0.1, -0.05) is 139 Å². The molecular weight excluding hydrogens is 763 g/mol. The van der Waals surface area contributed by atoms with Gasteiger partial charge in [-0.25, -0.2) is 0 Å². The Morgan fingerprint density at radius 1 is 0.524 bits per heavy atom. The summed E-state index contributed by atoms with van der Waals surface area (Å²) in [7, 11) is 0. The van der Waals surface area contributed by atoms with Gasteiger partial charge in [-0.2, -0.15) is 0 Å². The number of aromatic nitrogens is 1. The summed E-state index contributed by atoms with van der Waals surface area (Å²) in [6.45, 7) is 18.8. The van der Waals surface area contributed by atoms with Gasteiger partial charge in [-0.3, -0.25) is 0 Å². The average Bonchev–Trinajstić information content (AvgIpc) is 3.95. The molecule has 0 spiro atoms. The molecule has 4 aliphatic rings. The SMILES string of the molecule is Cc1cc2c3c4c1c1cc5c(cc1n4-c1cc4c(cc1B3N(c1ccc(C(C)(C)C)cc1)c1cc3c(cc1-2)-c1ccccc1C3(C)C)C(C)(C)c1ccccc1-4)oc1ccccc15. The van der Waals surface area contributed by atoms with E-state index in [2.05, 4.69) is 204 Å². The molecule has 3 nitrogen and oxygen atoms in total. The van der Waals surface area contributed by atoms with Gasteiger partial charge in [-0.05, 0) is 127 Å². The zero-order chi connectivity index (χ0) is 42.6. The minimum Gasteiger partial charge on any atom is -0.456 e. The van der Waals surface area contributed by atoms with Crippen LogP contribution < -0.4 is 15.7 Å². The second-order valence-electron chi connectivity index (χ2n) is 21.0. The van der Waals surface area contributed by atoms with E-state index in [0.717, 1.165) is 21.9 Å². The fourth-order valence-corrected chi connectivity index (χ4v) is 12.7. The number of para-hydroxylation sites is 1. The minimum atomic E-state index is -0.158. The van der Waals surface area contributed by atoms with E-state index in [9.17, 15) is 0 Å². The number of aryl methyl sites for hydroxylation is 1. The molecule has 2 aliphatic carbocycles. The summed E-state index contributed by atoms with van der Waals surface area (Å²) < 4.78 is 9.29. The fraction of sp³-hybridized carbons (Fsp3) is 0.186. The minimum absolute atomic E-state index is 0.0370. The monoisotopic (exact) mass is 810 g/mol. The molecule has 4 heteroatoms. The van der Waals surface area contributed by atoms with Crippen LogP contribution in [0.5, 0.6) is 0 Å². The summed E-state index contributed by atoms with van der Waals surface area (Å²) >= 11 is 0. The first-order valence-corrected chi connectivity index (χ1v) is 22.7. The van der Waals surface area contributed by atoms with E-state index >= 15 is 0 Å². The lowest BCUT2D eigenvalue weighted by molar-refractivity contribution is 0.590. The Bertz CT molecular complexity index is 3740. The first kappa shape index (κ1) is 35.8. The normalized spacial score (nSPS) is 15.8. The smallest absolute Gasteiger partial charge is 0.333 e. The fourth-order valence-electron chi connectivity index (χ4n) is 12.7. The van der Waals surface area contributed by atoms with E-state index in [1.165, 1.54) is 117 Å². The van der Waals surface area contributed by atoms with Gasteiger partial charge in [0.25, 0.3) is 0 Å². The Kier molecular flexibility index (Phi) is 6.49. The highest BCUT2D eigenvalue weighted by Crippen LogP contribution is 2.56. The molecule has 0 amide bonds. The Labute approximate surface area is 368 Å². The quantitative estimate of drug-likeness (QED) is 0.154. The molecule has 2 aliphatic heterocycles. The van der Waals surface area contributed by atoms with E-state index in [4.69, 9.17) is 4.42 Å². The molecule has 0 saturated carbocycles. The van der Waals surface area contributed by atoms with Gasteiger partial charge in [0, 0.05) is 61.1 Å². The van der Waals surface area contributed by atoms with Gasteiger partial charge in [-0.15, -0.1) is 0 Å². The lowest BCUT2D eigenvalue weighted by atomic mass is 9.43. The van der Waals surface area contributed by atoms with E-state index in [1.807, 2.05) is 0 Å². The van der Waals surface area contributed by atoms with Gasteiger partial charge in [0.15, 0.2) is 0 Å². The van der Waals surface area contributed by atoms with Crippen molar-refractivity contribution in [3.8, 4) is 39.1 Å². The first-order valence-electron chi connectivity index (χ1n) is 22.7. The number of benzene rings is 8. The molecule has 0 fully saturated rings. The summed E-state index contributed by atoms with van der Waals surface area (Å²) in [6.07, 6.45) is 0. The maximum atomic E-state index is 6.67. The molecule has 0 bridgehead atoms. The molecule has 2 aromatic heterocycles. The average molecular weight is 811 g/mol. The third kappa shape index (κ3) is 4.32. The second kappa shape index (κ2) is 11.4. The van der Waals surface area contributed by atoms with Crippen molar-refractivity contribution in [2.24, 2.45) is 0 Å². The van der Waals surface area contributed by atoms with Crippen LogP contribution in [0.1, 0.15) is 81.8 Å². The lowest BCUT2D eigenvalue weighted by Crippen LogP contribution is -2.60. The van der Waals surface area contributed by atoms with Gasteiger partial charge in [0.1, 0.15) is 11.2 Å². The van der Waals surface area contributed by atoms with Crippen molar-refractivity contribution in [3.05, 3.63) is 173 Å². The molecule has 0 atom stereocenters. The lowest BCUT2D eigenvalue weighted by Gasteiger charge is -2.43. The van der Waals surface area contributed by atoms with Gasteiger partial charge < -0.3 is 13.8 Å². The second-order valence-corrected chi connectivity index (χ2v) is 21.0. The zero-order valence-electron chi connectivity index (χ0n) is 37.2. The van der Waals surface area contributed by atoms with Crippen LogP contribution in [-0.4, -0.2) is 11.4 Å². The van der Waals surface area contributed by atoms with Crippen LogP contribution >= 0.6 is 0 Å². The van der Waals surface area contributed by atoms with Crippen LogP contribution in [0.15, 0.2) is 144 Å². The maximum Gasteiger partial charge on any atom is 0.333 e. The van der Waals surface area contributed by atoms with Crippen LogP contribution in [0.25, 0.3) is 82.8 Å². The summed E-state index contributed by atoms with van der Waals surface area (Å²) in [6, 6.07) is 53.7. The Morgan fingerprint density at radius 3 is 1.89 bits per heavy atom. The molecule has 14 rings (SSSR count). The van der Waals surface area contributed by atoms with Crippen LogP contribution in [0, 0.1) is 6.92 Å². The molecule has 63 heavy (non-hydrogen) atoms. The highest BCUT2D eigenvalue weighted by molar-refractivity contribution is 6.93. The molecule has 0 N–H and O–H groups in total. The van der Waals surface area contributed by atoms with Crippen molar-refractivity contribution in [2.45, 2.75) is 71.6 Å². The number of hydrogen-bond acceptors (Lipinski definition) is 2. The highest BCUT2D eigenvalue weighted by Gasteiger charge is 2.48. The third-order valence-corrected chi connectivity index (χ3v) is 15.8. The molecule has 8 aromatic carbocycles. The highest BCUT2D eigenvalue weighted by atomic mass is 16.3. The summed E-state index contributed by atoms with van der Waals surface area (Å²) in [5, 5.41) is 4.92. The number of rotatable bonds is 1. The molecule has 4 heterocycles. The van der Waals surface area contributed by atoms with Gasteiger partial charge >= 0.3 is 6.85 Å². The number of hydrogen-bond donors (Lipinski definition) is 0. The zero-order valence-corrected chi connectivity index (χ0v) is 37.2. The van der Waals surface area contributed by atoms with Crippen molar-refractivity contribution >= 4 is 72.9 Å². The molecule has 302 valence electrons. The Balaban J connectivity index is 1.17. The van der Waals surface area contributed by atoms with Gasteiger partial charge in [0.05, 0.1) is 11.0 Å². The van der Waals surface area contributed by atoms with E-state index in [1.54, 1.807) is 0 Å². The molecule has 0 saturated heterocycles. The van der Waals surface area contributed by atoms with Crippen molar-refractivity contribution in [2.75, 3.05) is 4.81 Å². The summed E-state index contributed by atoms with van der Waals surface area (Å²) in [5.41, 5.74) is 26.8. The first-order chi connectivity index (χ1) is 30.3. The van der Waals surface area contributed by atoms with E-state index < -0.39 is 0 Å².